The molecule has 3 atom stereocenters. The Labute approximate surface area is 255 Å². The number of carboxylic acid groups (broad SMARTS) is 1. The van der Waals surface area contributed by atoms with Crippen LogP contribution in [0.25, 0.3) is 0 Å². The Hall–Kier alpha value is -3.39. The van der Waals surface area contributed by atoms with Crippen LogP contribution in [0.15, 0.2) is 54.6 Å². The number of benzene rings is 2. The zero-order valence-electron chi connectivity index (χ0n) is 25.2. The Morgan fingerprint density at radius 2 is 1.47 bits per heavy atom. The fourth-order valence-electron chi connectivity index (χ4n) is 7.91. The molecule has 3 amide bonds. The number of hydrogen-bond acceptors (Lipinski definition) is 4. The summed E-state index contributed by atoms with van der Waals surface area (Å²) in [6.45, 7) is 3.47. The van der Waals surface area contributed by atoms with Gasteiger partial charge in [0, 0.05) is 49.9 Å². The molecule has 43 heavy (non-hydrogen) atoms. The van der Waals surface area contributed by atoms with Gasteiger partial charge in [-0.25, -0.2) is 4.79 Å². The van der Waals surface area contributed by atoms with Crippen molar-refractivity contribution in [1.29, 1.82) is 0 Å². The van der Waals surface area contributed by atoms with Crippen LogP contribution in [0.4, 0.5) is 4.79 Å². The number of nitrogens with zero attached hydrogens (tertiary/aromatic N) is 3. The van der Waals surface area contributed by atoms with Gasteiger partial charge in [0.05, 0.1) is 12.0 Å². The molecule has 2 aliphatic heterocycles. The molecule has 8 heteroatoms. The highest BCUT2D eigenvalue weighted by Gasteiger charge is 2.45. The molecular formula is C35H46N4O4. The molecule has 2 heterocycles. The van der Waals surface area contributed by atoms with Crippen molar-refractivity contribution in [3.63, 3.8) is 0 Å². The van der Waals surface area contributed by atoms with Crippen LogP contribution in [0.2, 0.25) is 0 Å². The Bertz CT molecular complexity index is 1250. The van der Waals surface area contributed by atoms with E-state index in [0.29, 0.717) is 24.4 Å². The van der Waals surface area contributed by atoms with Crippen LogP contribution in [0.3, 0.4) is 0 Å². The minimum Gasteiger partial charge on any atom is -0.481 e. The molecule has 8 nitrogen and oxygen atoms in total. The van der Waals surface area contributed by atoms with E-state index in [1.807, 2.05) is 30.3 Å². The van der Waals surface area contributed by atoms with Crippen LogP contribution in [0.5, 0.6) is 0 Å². The van der Waals surface area contributed by atoms with Crippen LogP contribution in [0, 0.1) is 5.92 Å². The summed E-state index contributed by atoms with van der Waals surface area (Å²) in [5.41, 5.74) is 2.96. The number of piperidine rings is 1. The molecule has 0 aromatic heterocycles. The van der Waals surface area contributed by atoms with E-state index < -0.39 is 11.9 Å². The van der Waals surface area contributed by atoms with Crippen molar-refractivity contribution < 1.29 is 19.5 Å². The summed E-state index contributed by atoms with van der Waals surface area (Å²) in [5, 5.41) is 12.5. The lowest BCUT2D eigenvalue weighted by molar-refractivity contribution is -0.143. The van der Waals surface area contributed by atoms with Crippen LogP contribution >= 0.6 is 0 Å². The summed E-state index contributed by atoms with van der Waals surface area (Å²) in [6.07, 6.45) is 11.1. The summed E-state index contributed by atoms with van der Waals surface area (Å²) in [4.78, 5) is 45.2. The lowest BCUT2D eigenvalue weighted by Gasteiger charge is -2.39. The maximum atomic E-state index is 13.9. The van der Waals surface area contributed by atoms with E-state index >= 15 is 0 Å². The summed E-state index contributed by atoms with van der Waals surface area (Å²) in [6, 6.07) is 18.9. The molecule has 0 spiro atoms. The Morgan fingerprint density at radius 3 is 2.16 bits per heavy atom. The van der Waals surface area contributed by atoms with Gasteiger partial charge in [0.2, 0.25) is 0 Å². The fraction of sp³-hybridized carbons (Fsp3) is 0.571. The highest BCUT2D eigenvalue weighted by Crippen LogP contribution is 2.38. The number of nitrogens with one attached hydrogen (secondary N) is 1. The second-order valence-electron chi connectivity index (χ2n) is 13.1. The van der Waals surface area contributed by atoms with Gasteiger partial charge in [-0.15, -0.1) is 0 Å². The van der Waals surface area contributed by atoms with Crippen LogP contribution < -0.4 is 5.32 Å². The van der Waals surface area contributed by atoms with Gasteiger partial charge in [0.1, 0.15) is 0 Å². The van der Waals surface area contributed by atoms with E-state index in [1.165, 1.54) is 24.8 Å². The number of rotatable bonds is 8. The molecule has 2 aromatic carbocycles. The maximum absolute atomic E-state index is 13.9. The second kappa shape index (κ2) is 13.5. The van der Waals surface area contributed by atoms with Crippen molar-refractivity contribution in [1.82, 2.24) is 20.0 Å². The van der Waals surface area contributed by atoms with Crippen LogP contribution in [0.1, 0.15) is 98.2 Å². The number of carboxylic acids is 1. The van der Waals surface area contributed by atoms with Crippen molar-refractivity contribution in [3.05, 3.63) is 71.3 Å². The fourth-order valence-corrected chi connectivity index (χ4v) is 7.91. The number of hydrogen-bond donors (Lipinski definition) is 2. The minimum atomic E-state index is -0.824. The van der Waals surface area contributed by atoms with E-state index in [4.69, 9.17) is 0 Å². The number of carbonyl (C=O) groups is 3. The first kappa shape index (κ1) is 29.7. The highest BCUT2D eigenvalue weighted by molar-refractivity contribution is 5.94. The molecule has 0 bridgehead atoms. The largest absolute Gasteiger partial charge is 0.481 e. The Kier molecular flexibility index (Phi) is 9.31. The van der Waals surface area contributed by atoms with Gasteiger partial charge in [-0.05, 0) is 61.8 Å². The molecule has 4 aliphatic rings. The summed E-state index contributed by atoms with van der Waals surface area (Å²) in [5.74, 6) is -1.53. The molecule has 230 valence electrons. The number of aliphatic carboxylic acids is 1. The standard InChI is InChI=1S/C35H46N4O4/c40-33(36-31-14-8-7-13-30(31)34(41)42)27-17-15-25(16-18-27)23-37-21-19-29(20-22-37)39-32(26-9-3-1-4-10-26)24-38(35(39)43)28-11-5-2-6-12-28/h1,3-4,9-10,15-18,28-32H,2,5-8,11-14,19-24H2,(H,36,40)(H,41,42)/t30?,31?,32-/m0/s1. The van der Waals surface area contributed by atoms with Crippen molar-refractivity contribution >= 4 is 17.9 Å². The zero-order chi connectivity index (χ0) is 29.8. The molecular weight excluding hydrogens is 540 g/mol. The quantitative estimate of drug-likeness (QED) is 0.406. The number of likely N-dealkylation sites (tertiary alicyclic amines) is 1. The van der Waals surface area contributed by atoms with E-state index in [0.717, 1.165) is 70.3 Å². The highest BCUT2D eigenvalue weighted by atomic mass is 16.4. The van der Waals surface area contributed by atoms with Crippen molar-refractivity contribution in [2.24, 2.45) is 5.92 Å². The normalized spacial score (nSPS) is 26.0. The number of carbonyl (C=O) groups excluding carboxylic acids is 2. The summed E-state index contributed by atoms with van der Waals surface area (Å²) < 4.78 is 0. The van der Waals surface area contributed by atoms with Gasteiger partial charge >= 0.3 is 12.0 Å². The average Bonchev–Trinajstić information content (AvgIpc) is 3.39. The molecule has 2 aromatic rings. The van der Waals surface area contributed by atoms with Gasteiger partial charge in [-0.2, -0.15) is 0 Å². The van der Waals surface area contributed by atoms with Gasteiger partial charge in [-0.1, -0.05) is 74.6 Å². The first-order chi connectivity index (χ1) is 21.0. The van der Waals surface area contributed by atoms with E-state index in [9.17, 15) is 19.5 Å². The maximum Gasteiger partial charge on any atom is 0.321 e. The van der Waals surface area contributed by atoms with E-state index in [2.05, 4.69) is 44.3 Å². The third-order valence-corrected chi connectivity index (χ3v) is 10.3. The lowest BCUT2D eigenvalue weighted by Crippen LogP contribution is -2.48. The third kappa shape index (κ3) is 6.74. The monoisotopic (exact) mass is 586 g/mol. The first-order valence-corrected chi connectivity index (χ1v) is 16.5. The molecule has 2 N–H and O–H groups in total. The van der Waals surface area contributed by atoms with Gasteiger partial charge in [-0.3, -0.25) is 14.5 Å². The van der Waals surface area contributed by atoms with Crippen LogP contribution in [-0.4, -0.2) is 75.5 Å². The van der Waals surface area contributed by atoms with Gasteiger partial charge < -0.3 is 20.2 Å². The first-order valence-electron chi connectivity index (χ1n) is 16.5. The van der Waals surface area contributed by atoms with Crippen molar-refractivity contribution in [3.8, 4) is 0 Å². The van der Waals surface area contributed by atoms with E-state index in [-0.39, 0.29) is 30.1 Å². The Morgan fingerprint density at radius 1 is 0.791 bits per heavy atom. The molecule has 2 saturated carbocycles. The SMILES string of the molecule is O=C(NC1CCCCC1C(=O)O)c1ccc(CN2CCC(N3C(=O)N(C4CCCCC4)C[C@H]3c3ccccc3)CC2)cc1. The molecule has 6 rings (SSSR count). The van der Waals surface area contributed by atoms with Gasteiger partial charge in [0.25, 0.3) is 5.91 Å². The Balaban J connectivity index is 1.05. The third-order valence-electron chi connectivity index (χ3n) is 10.3. The average molecular weight is 587 g/mol. The topological polar surface area (TPSA) is 93.2 Å². The smallest absolute Gasteiger partial charge is 0.321 e. The number of urea groups is 1. The summed E-state index contributed by atoms with van der Waals surface area (Å²) >= 11 is 0. The van der Waals surface area contributed by atoms with Crippen molar-refractivity contribution in [2.45, 2.75) is 101 Å². The predicted molar refractivity (Wildman–Crippen MR) is 166 cm³/mol. The molecule has 4 fully saturated rings. The molecule has 2 saturated heterocycles. The number of amides is 3. The van der Waals surface area contributed by atoms with Crippen molar-refractivity contribution in [2.75, 3.05) is 19.6 Å². The predicted octanol–water partition coefficient (Wildman–Crippen LogP) is 5.84. The van der Waals surface area contributed by atoms with Gasteiger partial charge in [0.15, 0.2) is 0 Å². The second-order valence-corrected chi connectivity index (χ2v) is 13.1. The molecule has 0 radical (unpaired) electrons. The van der Waals surface area contributed by atoms with E-state index in [1.54, 1.807) is 0 Å². The minimum absolute atomic E-state index is 0.116. The molecule has 2 aliphatic carbocycles. The zero-order valence-corrected chi connectivity index (χ0v) is 25.2. The van der Waals surface area contributed by atoms with Crippen LogP contribution in [-0.2, 0) is 11.3 Å². The molecule has 2 unspecified atom stereocenters. The lowest BCUT2D eigenvalue weighted by atomic mass is 9.84. The summed E-state index contributed by atoms with van der Waals surface area (Å²) in [7, 11) is 0.